The average molecular weight is 386 g/mol. The van der Waals surface area contributed by atoms with Gasteiger partial charge in [-0.25, -0.2) is 24.1 Å². The minimum atomic E-state index is -0.568. The molecule has 0 aromatic carbocycles. The SMILES string of the molecule is N[C@H]1CC[C@H](Nc2ncc(F)c(-c3cccc(N4CCCOC4=O)n3)n2)CC1. The molecule has 2 aromatic rings. The van der Waals surface area contributed by atoms with E-state index < -0.39 is 11.9 Å². The third kappa shape index (κ3) is 4.04. The highest BCUT2D eigenvalue weighted by Gasteiger charge is 2.24. The first-order valence-electron chi connectivity index (χ1n) is 9.56. The number of amides is 1. The number of aromatic nitrogens is 3. The van der Waals surface area contributed by atoms with Crippen molar-refractivity contribution in [2.45, 2.75) is 44.2 Å². The number of pyridine rings is 1. The van der Waals surface area contributed by atoms with Crippen molar-refractivity contribution in [1.29, 1.82) is 0 Å². The summed E-state index contributed by atoms with van der Waals surface area (Å²) >= 11 is 0. The molecule has 148 valence electrons. The van der Waals surface area contributed by atoms with Gasteiger partial charge in [0.15, 0.2) is 5.82 Å². The van der Waals surface area contributed by atoms with Crippen molar-refractivity contribution in [3.05, 3.63) is 30.2 Å². The van der Waals surface area contributed by atoms with Gasteiger partial charge in [0.2, 0.25) is 5.95 Å². The van der Waals surface area contributed by atoms with Gasteiger partial charge in [-0.3, -0.25) is 4.90 Å². The van der Waals surface area contributed by atoms with E-state index in [1.807, 2.05) is 0 Å². The van der Waals surface area contributed by atoms with Gasteiger partial charge in [-0.05, 0) is 44.2 Å². The van der Waals surface area contributed by atoms with Gasteiger partial charge in [-0.1, -0.05) is 6.07 Å². The fourth-order valence-electron chi connectivity index (χ4n) is 3.53. The molecular weight excluding hydrogens is 363 g/mol. The van der Waals surface area contributed by atoms with Crippen LogP contribution in [0.2, 0.25) is 0 Å². The van der Waals surface area contributed by atoms with Crippen LogP contribution in [0.3, 0.4) is 0 Å². The van der Waals surface area contributed by atoms with Crippen LogP contribution in [-0.4, -0.2) is 46.3 Å². The summed E-state index contributed by atoms with van der Waals surface area (Å²) in [6, 6.07) is 5.54. The molecule has 9 heteroatoms. The van der Waals surface area contributed by atoms with Gasteiger partial charge < -0.3 is 15.8 Å². The lowest BCUT2D eigenvalue weighted by molar-refractivity contribution is 0.140. The average Bonchev–Trinajstić information content (AvgIpc) is 2.71. The van der Waals surface area contributed by atoms with Crippen molar-refractivity contribution >= 4 is 17.9 Å². The first kappa shape index (κ1) is 18.5. The normalized spacial score (nSPS) is 22.6. The Bertz CT molecular complexity index is 856. The predicted molar refractivity (Wildman–Crippen MR) is 102 cm³/mol. The quantitative estimate of drug-likeness (QED) is 0.832. The zero-order valence-electron chi connectivity index (χ0n) is 15.5. The first-order chi connectivity index (χ1) is 13.6. The number of nitrogens with one attached hydrogen (secondary N) is 1. The van der Waals surface area contributed by atoms with E-state index in [4.69, 9.17) is 10.5 Å². The van der Waals surface area contributed by atoms with Crippen molar-refractivity contribution in [3.8, 4) is 11.4 Å². The van der Waals surface area contributed by atoms with Gasteiger partial charge in [-0.15, -0.1) is 0 Å². The lowest BCUT2D eigenvalue weighted by Crippen LogP contribution is -2.38. The van der Waals surface area contributed by atoms with Gasteiger partial charge in [0, 0.05) is 18.6 Å². The third-order valence-electron chi connectivity index (χ3n) is 5.07. The molecule has 0 bridgehead atoms. The highest BCUT2D eigenvalue weighted by atomic mass is 19.1. The monoisotopic (exact) mass is 386 g/mol. The van der Waals surface area contributed by atoms with Gasteiger partial charge in [0.25, 0.3) is 0 Å². The van der Waals surface area contributed by atoms with Crippen molar-refractivity contribution in [2.24, 2.45) is 5.73 Å². The molecule has 0 spiro atoms. The summed E-state index contributed by atoms with van der Waals surface area (Å²) in [6.45, 7) is 0.912. The van der Waals surface area contributed by atoms with Gasteiger partial charge >= 0.3 is 6.09 Å². The summed E-state index contributed by atoms with van der Waals surface area (Å²) < 4.78 is 19.5. The second kappa shape index (κ2) is 8.05. The lowest BCUT2D eigenvalue weighted by atomic mass is 9.92. The van der Waals surface area contributed by atoms with Gasteiger partial charge in [0.1, 0.15) is 11.5 Å². The van der Waals surface area contributed by atoms with Crippen LogP contribution >= 0.6 is 0 Å². The molecule has 1 aliphatic heterocycles. The predicted octanol–water partition coefficient (Wildman–Crippen LogP) is 2.71. The highest BCUT2D eigenvalue weighted by Crippen LogP contribution is 2.25. The van der Waals surface area contributed by atoms with Crippen molar-refractivity contribution in [3.63, 3.8) is 0 Å². The van der Waals surface area contributed by atoms with E-state index in [0.717, 1.165) is 38.3 Å². The zero-order valence-corrected chi connectivity index (χ0v) is 15.5. The van der Waals surface area contributed by atoms with Gasteiger partial charge in [0.05, 0.1) is 18.5 Å². The fourth-order valence-corrected chi connectivity index (χ4v) is 3.53. The Balaban J connectivity index is 1.56. The van der Waals surface area contributed by atoms with E-state index in [0.29, 0.717) is 30.6 Å². The lowest BCUT2D eigenvalue weighted by Gasteiger charge is -2.27. The topological polar surface area (TPSA) is 106 Å². The Labute approximate surface area is 162 Å². The van der Waals surface area contributed by atoms with Crippen molar-refractivity contribution in [1.82, 2.24) is 15.0 Å². The summed E-state index contributed by atoms with van der Waals surface area (Å²) in [7, 11) is 0. The van der Waals surface area contributed by atoms with Crippen molar-refractivity contribution in [2.75, 3.05) is 23.4 Å². The number of nitrogens with zero attached hydrogens (tertiary/aromatic N) is 4. The first-order valence-corrected chi connectivity index (χ1v) is 9.56. The Morgan fingerprint density at radius 1 is 1.21 bits per heavy atom. The Morgan fingerprint density at radius 2 is 2.04 bits per heavy atom. The minimum Gasteiger partial charge on any atom is -0.449 e. The Kier molecular flexibility index (Phi) is 5.34. The molecule has 0 unspecified atom stereocenters. The maximum atomic E-state index is 14.4. The van der Waals surface area contributed by atoms with E-state index in [1.54, 1.807) is 18.2 Å². The van der Waals surface area contributed by atoms with E-state index in [-0.39, 0.29) is 17.8 Å². The molecule has 4 rings (SSSR count). The van der Waals surface area contributed by atoms with Crippen LogP contribution in [0.4, 0.5) is 21.0 Å². The fraction of sp³-hybridized carbons (Fsp3) is 0.474. The number of carbonyl (C=O) groups is 1. The number of anilines is 2. The molecule has 2 aliphatic rings. The maximum Gasteiger partial charge on any atom is 0.415 e. The summed E-state index contributed by atoms with van der Waals surface area (Å²) in [6.07, 6.45) is 5.17. The largest absolute Gasteiger partial charge is 0.449 e. The number of hydrogen-bond donors (Lipinski definition) is 2. The number of nitrogens with two attached hydrogens (primary N) is 1. The third-order valence-corrected chi connectivity index (χ3v) is 5.07. The number of hydrogen-bond acceptors (Lipinski definition) is 7. The molecular formula is C19H23FN6O2. The number of ether oxygens (including phenoxy) is 1. The Hall–Kier alpha value is -2.81. The zero-order chi connectivity index (χ0) is 19.5. The number of cyclic esters (lactones) is 1. The van der Waals surface area contributed by atoms with Crippen LogP contribution in [0.1, 0.15) is 32.1 Å². The van der Waals surface area contributed by atoms with Crippen LogP contribution in [-0.2, 0) is 4.74 Å². The van der Waals surface area contributed by atoms with Crippen LogP contribution in [0.25, 0.3) is 11.4 Å². The van der Waals surface area contributed by atoms with Crippen LogP contribution < -0.4 is 16.0 Å². The molecule has 1 aliphatic carbocycles. The van der Waals surface area contributed by atoms with Gasteiger partial charge in [-0.2, -0.15) is 0 Å². The standard InChI is InChI=1S/C19H23FN6O2/c20-14-11-22-18(23-13-7-5-12(21)6-8-13)25-17(14)15-3-1-4-16(24-15)26-9-2-10-28-19(26)27/h1,3-4,11-13H,2,5-10,21H2,(H,22,23,25)/t12-,13-. The number of halogens is 1. The number of carbonyl (C=O) groups excluding carboxylic acids is 1. The smallest absolute Gasteiger partial charge is 0.415 e. The van der Waals surface area contributed by atoms with Crippen LogP contribution in [0.15, 0.2) is 24.4 Å². The molecule has 1 saturated carbocycles. The number of rotatable bonds is 4. The van der Waals surface area contributed by atoms with E-state index >= 15 is 0 Å². The molecule has 1 saturated heterocycles. The van der Waals surface area contributed by atoms with Crippen LogP contribution in [0, 0.1) is 5.82 Å². The minimum absolute atomic E-state index is 0.0947. The highest BCUT2D eigenvalue weighted by molar-refractivity contribution is 5.87. The van der Waals surface area contributed by atoms with E-state index in [1.165, 1.54) is 4.90 Å². The maximum absolute atomic E-state index is 14.4. The van der Waals surface area contributed by atoms with Crippen molar-refractivity contribution < 1.29 is 13.9 Å². The summed E-state index contributed by atoms with van der Waals surface area (Å²) in [5.74, 6) is 0.208. The summed E-state index contributed by atoms with van der Waals surface area (Å²) in [5.41, 5.74) is 6.37. The van der Waals surface area contributed by atoms with E-state index in [2.05, 4.69) is 20.3 Å². The second-order valence-corrected chi connectivity index (χ2v) is 7.15. The summed E-state index contributed by atoms with van der Waals surface area (Å²) in [5, 5.41) is 3.27. The second-order valence-electron chi connectivity index (χ2n) is 7.15. The van der Waals surface area contributed by atoms with E-state index in [9.17, 15) is 9.18 Å². The molecule has 2 fully saturated rings. The van der Waals surface area contributed by atoms with Crippen LogP contribution in [0.5, 0.6) is 0 Å². The molecule has 3 heterocycles. The molecule has 28 heavy (non-hydrogen) atoms. The molecule has 2 aromatic heterocycles. The molecule has 0 radical (unpaired) electrons. The summed E-state index contributed by atoms with van der Waals surface area (Å²) in [4.78, 5) is 26.2. The molecule has 3 N–H and O–H groups in total. The molecule has 8 nitrogen and oxygen atoms in total. The molecule has 0 atom stereocenters. The molecule has 1 amide bonds. The Morgan fingerprint density at radius 3 is 2.82 bits per heavy atom.